The number of anilines is 1. The maximum atomic E-state index is 12.0. The van der Waals surface area contributed by atoms with Crippen LogP contribution in [-0.2, 0) is 4.79 Å². The minimum atomic E-state index is -0.359. The molecule has 0 spiro atoms. The van der Waals surface area contributed by atoms with Crippen LogP contribution in [0.25, 0.3) is 0 Å². The molecule has 0 radical (unpaired) electrons. The molecule has 0 aromatic heterocycles. The molecule has 4 nitrogen and oxygen atoms in total. The molecule has 110 valence electrons. The number of hydrogen-bond acceptors (Lipinski definition) is 4. The number of amides is 1. The number of fused-ring (bicyclic) bond motifs is 1. The van der Waals surface area contributed by atoms with Crippen LogP contribution in [0.15, 0.2) is 23.1 Å². The zero-order chi connectivity index (χ0) is 14.7. The minimum Gasteiger partial charge on any atom is -0.392 e. The van der Waals surface area contributed by atoms with Crippen molar-refractivity contribution >= 4 is 23.4 Å². The number of benzene rings is 1. The molecule has 0 bridgehead atoms. The summed E-state index contributed by atoms with van der Waals surface area (Å²) in [4.78, 5) is 13.0. The van der Waals surface area contributed by atoms with E-state index in [-0.39, 0.29) is 23.3 Å². The van der Waals surface area contributed by atoms with Crippen LogP contribution in [0.4, 0.5) is 5.69 Å². The number of thioether (sulfide) groups is 1. The smallest absolute Gasteiger partial charge is 0.246 e. The van der Waals surface area contributed by atoms with E-state index in [2.05, 4.69) is 17.6 Å². The van der Waals surface area contributed by atoms with Crippen LogP contribution in [0.3, 0.4) is 0 Å². The van der Waals surface area contributed by atoms with E-state index in [0.717, 1.165) is 29.1 Å². The van der Waals surface area contributed by atoms with Crippen LogP contribution < -0.4 is 10.6 Å². The Kier molecular flexibility index (Phi) is 5.07. The van der Waals surface area contributed by atoms with Gasteiger partial charge in [-0.1, -0.05) is 19.9 Å². The normalized spacial score (nSPS) is 20.4. The Morgan fingerprint density at radius 1 is 1.45 bits per heavy atom. The van der Waals surface area contributed by atoms with E-state index in [1.807, 2.05) is 25.1 Å². The molecule has 3 N–H and O–H groups in total. The molecule has 0 fully saturated rings. The second kappa shape index (κ2) is 6.61. The Morgan fingerprint density at radius 3 is 2.85 bits per heavy atom. The van der Waals surface area contributed by atoms with Crippen molar-refractivity contribution in [2.45, 2.75) is 49.5 Å². The van der Waals surface area contributed by atoms with E-state index in [1.165, 1.54) is 0 Å². The molecule has 1 aromatic rings. The molecule has 1 aromatic carbocycles. The number of aliphatic hydroxyl groups excluding tert-OH is 1. The van der Waals surface area contributed by atoms with Gasteiger partial charge in [0.15, 0.2) is 0 Å². The lowest BCUT2D eigenvalue weighted by molar-refractivity contribution is -0.117. The van der Waals surface area contributed by atoms with Gasteiger partial charge in [-0.2, -0.15) is 0 Å². The molecule has 0 aliphatic carbocycles. The van der Waals surface area contributed by atoms with E-state index in [0.29, 0.717) is 0 Å². The van der Waals surface area contributed by atoms with Crippen LogP contribution >= 0.6 is 11.8 Å². The lowest BCUT2D eigenvalue weighted by atomic mass is 10.1. The number of carbonyl (C=O) groups excluding carboxylic acids is 1. The van der Waals surface area contributed by atoms with Crippen molar-refractivity contribution in [1.82, 2.24) is 5.32 Å². The summed E-state index contributed by atoms with van der Waals surface area (Å²) in [7, 11) is 0. The van der Waals surface area contributed by atoms with Gasteiger partial charge in [0.2, 0.25) is 5.91 Å². The second-order valence-corrected chi connectivity index (χ2v) is 6.64. The second-order valence-electron chi connectivity index (χ2n) is 5.19. The molecule has 1 aliphatic rings. The molecule has 3 unspecified atom stereocenters. The minimum absolute atomic E-state index is 0.0131. The summed E-state index contributed by atoms with van der Waals surface area (Å²) >= 11 is 1.62. The molecular formula is C15H22N2O2S. The van der Waals surface area contributed by atoms with Crippen molar-refractivity contribution in [1.29, 1.82) is 0 Å². The van der Waals surface area contributed by atoms with Crippen LogP contribution in [0, 0.1) is 0 Å². The van der Waals surface area contributed by atoms with Crippen LogP contribution in [-0.4, -0.2) is 28.9 Å². The van der Waals surface area contributed by atoms with Crippen molar-refractivity contribution in [2.75, 3.05) is 11.9 Å². The first-order valence-corrected chi connectivity index (χ1v) is 7.93. The van der Waals surface area contributed by atoms with Gasteiger partial charge in [-0.05, 0) is 32.0 Å². The molecule has 2 rings (SSSR count). The van der Waals surface area contributed by atoms with Crippen molar-refractivity contribution in [2.24, 2.45) is 0 Å². The number of nitrogens with one attached hydrogen (secondary N) is 2. The molecular weight excluding hydrogens is 272 g/mol. The van der Waals surface area contributed by atoms with E-state index >= 15 is 0 Å². The third-order valence-electron chi connectivity index (χ3n) is 3.46. The number of rotatable bonds is 6. The van der Waals surface area contributed by atoms with Crippen molar-refractivity contribution < 1.29 is 9.90 Å². The summed E-state index contributed by atoms with van der Waals surface area (Å²) in [5, 5.41) is 15.9. The SMILES string of the molecule is CCCNC1C(=O)Nc2cc(SC(C)C(C)O)ccc21. The predicted molar refractivity (Wildman–Crippen MR) is 83.1 cm³/mol. The zero-order valence-corrected chi connectivity index (χ0v) is 13.0. The average molecular weight is 294 g/mol. The van der Waals surface area contributed by atoms with Crippen LogP contribution in [0.2, 0.25) is 0 Å². The third kappa shape index (κ3) is 3.34. The maximum Gasteiger partial charge on any atom is 0.246 e. The van der Waals surface area contributed by atoms with Gasteiger partial charge in [0.05, 0.1) is 6.10 Å². The molecule has 0 saturated carbocycles. The molecule has 1 amide bonds. The number of carbonyl (C=O) groups is 1. The fourth-order valence-corrected chi connectivity index (χ4v) is 3.08. The Balaban J connectivity index is 2.13. The summed E-state index contributed by atoms with van der Waals surface area (Å²) in [5.74, 6) is 0.0131. The maximum absolute atomic E-state index is 12.0. The van der Waals surface area contributed by atoms with Crippen molar-refractivity contribution in [3.63, 3.8) is 0 Å². The fraction of sp³-hybridized carbons (Fsp3) is 0.533. The van der Waals surface area contributed by atoms with E-state index in [1.54, 1.807) is 18.7 Å². The first kappa shape index (κ1) is 15.4. The van der Waals surface area contributed by atoms with Gasteiger partial charge in [-0.25, -0.2) is 0 Å². The number of aliphatic hydroxyl groups is 1. The van der Waals surface area contributed by atoms with Crippen LogP contribution in [0.5, 0.6) is 0 Å². The molecule has 20 heavy (non-hydrogen) atoms. The highest BCUT2D eigenvalue weighted by molar-refractivity contribution is 8.00. The lowest BCUT2D eigenvalue weighted by Gasteiger charge is -2.15. The topological polar surface area (TPSA) is 61.4 Å². The van der Waals surface area contributed by atoms with E-state index in [9.17, 15) is 9.90 Å². The third-order valence-corrected chi connectivity index (χ3v) is 4.75. The lowest BCUT2D eigenvalue weighted by Crippen LogP contribution is -2.27. The van der Waals surface area contributed by atoms with E-state index in [4.69, 9.17) is 0 Å². The molecule has 0 saturated heterocycles. The molecule has 1 aliphatic heterocycles. The van der Waals surface area contributed by atoms with Gasteiger partial charge >= 0.3 is 0 Å². The van der Waals surface area contributed by atoms with E-state index < -0.39 is 0 Å². The summed E-state index contributed by atoms with van der Waals surface area (Å²) < 4.78 is 0. The Bertz CT molecular complexity index is 491. The number of hydrogen-bond donors (Lipinski definition) is 3. The van der Waals surface area contributed by atoms with Gasteiger partial charge in [-0.3, -0.25) is 4.79 Å². The van der Waals surface area contributed by atoms with Gasteiger partial charge < -0.3 is 15.7 Å². The van der Waals surface area contributed by atoms with Gasteiger partial charge in [0.1, 0.15) is 6.04 Å². The van der Waals surface area contributed by atoms with Crippen molar-refractivity contribution in [3.8, 4) is 0 Å². The molecule has 1 heterocycles. The van der Waals surface area contributed by atoms with Crippen LogP contribution in [0.1, 0.15) is 38.8 Å². The summed E-state index contributed by atoms with van der Waals surface area (Å²) in [6.45, 7) is 6.69. The Labute approximate surface area is 124 Å². The largest absolute Gasteiger partial charge is 0.392 e. The Morgan fingerprint density at radius 2 is 2.20 bits per heavy atom. The summed E-state index contributed by atoms with van der Waals surface area (Å²) in [5.41, 5.74) is 1.89. The van der Waals surface area contributed by atoms with Gasteiger partial charge in [0.25, 0.3) is 0 Å². The highest BCUT2D eigenvalue weighted by atomic mass is 32.2. The first-order valence-electron chi connectivity index (χ1n) is 7.05. The van der Waals surface area contributed by atoms with Crippen molar-refractivity contribution in [3.05, 3.63) is 23.8 Å². The predicted octanol–water partition coefficient (Wildman–Crippen LogP) is 2.54. The monoisotopic (exact) mass is 294 g/mol. The zero-order valence-electron chi connectivity index (χ0n) is 12.1. The van der Waals surface area contributed by atoms with Gasteiger partial charge in [-0.15, -0.1) is 11.8 Å². The Hall–Kier alpha value is -1.04. The standard InChI is InChI=1S/C15H22N2O2S/c1-4-7-16-14-12-6-5-11(20-10(3)9(2)18)8-13(12)17-15(14)19/h5-6,8-10,14,16,18H,4,7H2,1-3H3,(H,17,19). The average Bonchev–Trinajstić information content (AvgIpc) is 2.71. The quantitative estimate of drug-likeness (QED) is 0.706. The first-order chi connectivity index (χ1) is 9.52. The fourth-order valence-electron chi connectivity index (χ4n) is 2.12. The summed E-state index contributed by atoms with van der Waals surface area (Å²) in [6.07, 6.45) is 0.640. The summed E-state index contributed by atoms with van der Waals surface area (Å²) in [6, 6.07) is 5.77. The molecule has 5 heteroatoms. The molecule has 3 atom stereocenters. The van der Waals surface area contributed by atoms with Gasteiger partial charge in [0, 0.05) is 21.4 Å². The highest BCUT2D eigenvalue weighted by Gasteiger charge is 2.30. The highest BCUT2D eigenvalue weighted by Crippen LogP contribution is 2.35.